The SMILES string of the molecule is Cc1ccc(Nc2nc3cc(C4=NCCCN4)ccc3o2)cc1C(F)(F)F. The lowest BCUT2D eigenvalue weighted by atomic mass is 10.1. The number of amidine groups is 1. The molecule has 3 aromatic rings. The van der Waals surface area contributed by atoms with Gasteiger partial charge >= 0.3 is 6.18 Å². The summed E-state index contributed by atoms with van der Waals surface area (Å²) in [5, 5.41) is 6.05. The van der Waals surface area contributed by atoms with Crippen LogP contribution in [0.2, 0.25) is 0 Å². The third kappa shape index (κ3) is 3.60. The Labute approximate surface area is 153 Å². The van der Waals surface area contributed by atoms with Crippen molar-refractivity contribution < 1.29 is 17.6 Å². The summed E-state index contributed by atoms with van der Waals surface area (Å²) < 4.78 is 44.8. The second kappa shape index (κ2) is 6.61. The highest BCUT2D eigenvalue weighted by atomic mass is 19.4. The van der Waals surface area contributed by atoms with Gasteiger partial charge in [-0.05, 0) is 49.2 Å². The summed E-state index contributed by atoms with van der Waals surface area (Å²) in [7, 11) is 0. The van der Waals surface area contributed by atoms with Crippen LogP contribution in [0.3, 0.4) is 0 Å². The smallest absolute Gasteiger partial charge is 0.416 e. The molecule has 140 valence electrons. The van der Waals surface area contributed by atoms with Gasteiger partial charge in [0.15, 0.2) is 5.58 Å². The number of nitrogens with one attached hydrogen (secondary N) is 2. The van der Waals surface area contributed by atoms with Gasteiger partial charge in [0.25, 0.3) is 6.01 Å². The van der Waals surface area contributed by atoms with Crippen LogP contribution in [0, 0.1) is 6.92 Å². The second-order valence-corrected chi connectivity index (χ2v) is 6.36. The maximum atomic E-state index is 13.1. The molecule has 0 unspecified atom stereocenters. The molecule has 5 nitrogen and oxygen atoms in total. The highest BCUT2D eigenvalue weighted by Crippen LogP contribution is 2.34. The molecule has 27 heavy (non-hydrogen) atoms. The molecule has 0 saturated heterocycles. The Morgan fingerprint density at radius 1 is 1.15 bits per heavy atom. The summed E-state index contributed by atoms with van der Waals surface area (Å²) in [6.07, 6.45) is -3.41. The molecule has 4 rings (SSSR count). The van der Waals surface area contributed by atoms with Crippen LogP contribution in [0.15, 0.2) is 45.8 Å². The second-order valence-electron chi connectivity index (χ2n) is 6.36. The number of halogens is 3. The van der Waals surface area contributed by atoms with E-state index < -0.39 is 11.7 Å². The molecule has 8 heteroatoms. The molecule has 0 bridgehead atoms. The van der Waals surface area contributed by atoms with E-state index in [1.54, 1.807) is 12.1 Å². The normalized spacial score (nSPS) is 14.7. The number of nitrogens with zero attached hydrogens (tertiary/aromatic N) is 2. The van der Waals surface area contributed by atoms with E-state index in [1.807, 2.05) is 12.1 Å². The van der Waals surface area contributed by atoms with E-state index in [0.717, 1.165) is 37.0 Å². The Kier molecular flexibility index (Phi) is 4.25. The molecule has 2 heterocycles. The number of anilines is 2. The molecule has 0 saturated carbocycles. The van der Waals surface area contributed by atoms with Crippen LogP contribution < -0.4 is 10.6 Å². The summed E-state index contributed by atoms with van der Waals surface area (Å²) in [6.45, 7) is 3.08. The fourth-order valence-corrected chi connectivity index (χ4v) is 2.98. The summed E-state index contributed by atoms with van der Waals surface area (Å²) in [5.41, 5.74) is 1.78. The van der Waals surface area contributed by atoms with Crippen LogP contribution in [0.1, 0.15) is 23.1 Å². The third-order valence-corrected chi connectivity index (χ3v) is 4.35. The zero-order valence-electron chi connectivity index (χ0n) is 14.5. The van der Waals surface area contributed by atoms with Gasteiger partial charge in [-0.25, -0.2) is 0 Å². The Balaban J connectivity index is 1.62. The highest BCUT2D eigenvalue weighted by molar-refractivity contribution is 6.01. The van der Waals surface area contributed by atoms with Crippen molar-refractivity contribution in [1.29, 1.82) is 0 Å². The topological polar surface area (TPSA) is 62.5 Å². The lowest BCUT2D eigenvalue weighted by Crippen LogP contribution is -2.30. The fraction of sp³-hybridized carbons (Fsp3) is 0.263. The number of hydrogen-bond acceptors (Lipinski definition) is 5. The number of aromatic nitrogens is 1. The van der Waals surface area contributed by atoms with Crippen LogP contribution in [0.4, 0.5) is 24.9 Å². The van der Waals surface area contributed by atoms with Crippen molar-refractivity contribution in [2.24, 2.45) is 4.99 Å². The van der Waals surface area contributed by atoms with Gasteiger partial charge in [-0.3, -0.25) is 4.99 Å². The minimum absolute atomic E-state index is 0.137. The van der Waals surface area contributed by atoms with Crippen LogP contribution in [-0.4, -0.2) is 23.9 Å². The van der Waals surface area contributed by atoms with Crippen molar-refractivity contribution in [2.45, 2.75) is 19.5 Å². The molecule has 1 aromatic heterocycles. The number of oxazole rings is 1. The summed E-state index contributed by atoms with van der Waals surface area (Å²) in [4.78, 5) is 8.78. The van der Waals surface area contributed by atoms with Crippen molar-refractivity contribution in [3.05, 3.63) is 53.1 Å². The van der Waals surface area contributed by atoms with Gasteiger partial charge < -0.3 is 15.1 Å². The number of benzene rings is 2. The average molecular weight is 374 g/mol. The molecule has 0 spiro atoms. The van der Waals surface area contributed by atoms with Gasteiger partial charge in [-0.15, -0.1) is 0 Å². The van der Waals surface area contributed by atoms with E-state index >= 15 is 0 Å². The van der Waals surface area contributed by atoms with Gasteiger partial charge in [0.1, 0.15) is 11.4 Å². The molecule has 2 aromatic carbocycles. The summed E-state index contributed by atoms with van der Waals surface area (Å²) in [5.74, 6) is 0.814. The van der Waals surface area contributed by atoms with Crippen molar-refractivity contribution >= 4 is 28.6 Å². The van der Waals surface area contributed by atoms with Crippen molar-refractivity contribution in [2.75, 3.05) is 18.4 Å². The summed E-state index contributed by atoms with van der Waals surface area (Å²) >= 11 is 0. The van der Waals surface area contributed by atoms with E-state index in [0.29, 0.717) is 11.1 Å². The van der Waals surface area contributed by atoms with Crippen LogP contribution >= 0.6 is 0 Å². The predicted molar refractivity (Wildman–Crippen MR) is 97.5 cm³/mol. The monoisotopic (exact) mass is 374 g/mol. The molecule has 0 radical (unpaired) electrons. The van der Waals surface area contributed by atoms with E-state index in [9.17, 15) is 13.2 Å². The van der Waals surface area contributed by atoms with Gasteiger partial charge in [0, 0.05) is 24.3 Å². The van der Waals surface area contributed by atoms with E-state index in [-0.39, 0.29) is 17.3 Å². The summed E-state index contributed by atoms with van der Waals surface area (Å²) in [6, 6.07) is 9.66. The Hall–Kier alpha value is -3.03. The van der Waals surface area contributed by atoms with Gasteiger partial charge in [-0.1, -0.05) is 6.07 Å². The maximum absolute atomic E-state index is 13.1. The molecular formula is C19H17F3N4O. The van der Waals surface area contributed by atoms with Crippen molar-refractivity contribution in [3.8, 4) is 0 Å². The van der Waals surface area contributed by atoms with E-state index in [2.05, 4.69) is 20.6 Å². The Morgan fingerprint density at radius 2 is 2.00 bits per heavy atom. The number of aryl methyl sites for hydroxylation is 1. The Morgan fingerprint density at radius 3 is 2.74 bits per heavy atom. The first kappa shape index (κ1) is 17.4. The van der Waals surface area contributed by atoms with Crippen LogP contribution in [0.5, 0.6) is 0 Å². The minimum Gasteiger partial charge on any atom is -0.423 e. The van der Waals surface area contributed by atoms with Crippen LogP contribution in [-0.2, 0) is 6.18 Å². The quantitative estimate of drug-likeness (QED) is 0.701. The first-order chi connectivity index (χ1) is 12.9. The number of aliphatic imine (C=N–C) groups is 1. The standard InChI is InChI=1S/C19H17F3N4O/c1-11-3-5-13(10-14(11)19(20,21)22)25-18-26-15-9-12(4-6-16(15)27-18)17-23-7-2-8-24-17/h3-6,9-10H,2,7-8H2,1H3,(H,23,24)(H,25,26). The van der Waals surface area contributed by atoms with Crippen molar-refractivity contribution in [1.82, 2.24) is 10.3 Å². The van der Waals surface area contributed by atoms with Gasteiger partial charge in [0.05, 0.1) is 5.56 Å². The lowest BCUT2D eigenvalue weighted by Gasteiger charge is -2.14. The highest BCUT2D eigenvalue weighted by Gasteiger charge is 2.32. The zero-order chi connectivity index (χ0) is 19.0. The maximum Gasteiger partial charge on any atom is 0.416 e. The minimum atomic E-state index is -4.41. The molecule has 2 N–H and O–H groups in total. The molecule has 0 amide bonds. The number of fused-ring (bicyclic) bond motifs is 1. The molecule has 1 aliphatic heterocycles. The van der Waals surface area contributed by atoms with Gasteiger partial charge in [-0.2, -0.15) is 18.2 Å². The van der Waals surface area contributed by atoms with E-state index in [4.69, 9.17) is 4.42 Å². The predicted octanol–water partition coefficient (Wildman–Crippen LogP) is 4.64. The molecule has 1 aliphatic rings. The fourth-order valence-electron chi connectivity index (χ4n) is 2.98. The third-order valence-electron chi connectivity index (χ3n) is 4.35. The lowest BCUT2D eigenvalue weighted by molar-refractivity contribution is -0.138. The average Bonchev–Trinajstić information content (AvgIpc) is 3.04. The number of hydrogen-bond donors (Lipinski definition) is 2. The largest absolute Gasteiger partial charge is 0.423 e. The Bertz CT molecular complexity index is 1020. The molecule has 0 aliphatic carbocycles. The van der Waals surface area contributed by atoms with Gasteiger partial charge in [0.2, 0.25) is 0 Å². The number of alkyl halides is 3. The zero-order valence-corrected chi connectivity index (χ0v) is 14.5. The first-order valence-corrected chi connectivity index (χ1v) is 8.54. The molecule has 0 fully saturated rings. The van der Waals surface area contributed by atoms with Crippen molar-refractivity contribution in [3.63, 3.8) is 0 Å². The number of rotatable bonds is 3. The van der Waals surface area contributed by atoms with Crippen LogP contribution in [0.25, 0.3) is 11.1 Å². The van der Waals surface area contributed by atoms with E-state index in [1.165, 1.54) is 13.0 Å². The first-order valence-electron chi connectivity index (χ1n) is 8.54. The molecular weight excluding hydrogens is 357 g/mol. The molecule has 0 atom stereocenters.